The van der Waals surface area contributed by atoms with Crippen molar-refractivity contribution in [1.29, 1.82) is 0 Å². The molecule has 0 fully saturated rings. The second kappa shape index (κ2) is 7.40. The molecule has 3 aromatic rings. The van der Waals surface area contributed by atoms with E-state index < -0.39 is 0 Å². The number of nitrogens with zero attached hydrogens (tertiary/aromatic N) is 4. The number of aromatic nitrogens is 4. The Hall–Kier alpha value is -2.80. The molecule has 1 heterocycles. The molecule has 0 amide bonds. The Balaban J connectivity index is 1.78. The SMILES string of the molecule is COc1cc(CNc2cccc(-n3nnnc3C)c2)cc(Cl)c1OC. The van der Waals surface area contributed by atoms with Crippen molar-refractivity contribution in [3.63, 3.8) is 0 Å². The molecule has 3 rings (SSSR count). The fraction of sp³-hybridized carbons (Fsp3) is 0.235. The Bertz CT molecular complexity index is 881. The summed E-state index contributed by atoms with van der Waals surface area (Å²) in [7, 11) is 3.15. The molecule has 130 valence electrons. The van der Waals surface area contributed by atoms with Crippen molar-refractivity contribution in [1.82, 2.24) is 20.2 Å². The summed E-state index contributed by atoms with van der Waals surface area (Å²) < 4.78 is 12.3. The minimum Gasteiger partial charge on any atom is -0.493 e. The van der Waals surface area contributed by atoms with Gasteiger partial charge in [-0.2, -0.15) is 4.68 Å². The number of anilines is 1. The Labute approximate surface area is 150 Å². The topological polar surface area (TPSA) is 74.1 Å². The molecule has 0 aliphatic carbocycles. The van der Waals surface area contributed by atoms with Crippen LogP contribution in [0.5, 0.6) is 11.5 Å². The van der Waals surface area contributed by atoms with Crippen LogP contribution >= 0.6 is 11.6 Å². The van der Waals surface area contributed by atoms with Gasteiger partial charge < -0.3 is 14.8 Å². The maximum absolute atomic E-state index is 6.25. The molecule has 7 nitrogen and oxygen atoms in total. The Morgan fingerprint density at radius 3 is 2.68 bits per heavy atom. The van der Waals surface area contributed by atoms with Crippen molar-refractivity contribution in [2.75, 3.05) is 19.5 Å². The number of hydrogen-bond donors (Lipinski definition) is 1. The van der Waals surface area contributed by atoms with Crippen LogP contribution in [-0.4, -0.2) is 34.4 Å². The minimum atomic E-state index is 0.511. The van der Waals surface area contributed by atoms with E-state index in [-0.39, 0.29) is 0 Å². The maximum atomic E-state index is 6.25. The first kappa shape index (κ1) is 17.0. The zero-order valence-corrected chi connectivity index (χ0v) is 14.9. The molecule has 2 aromatic carbocycles. The van der Waals surface area contributed by atoms with E-state index in [1.165, 1.54) is 0 Å². The average molecular weight is 360 g/mol. The number of hydrogen-bond acceptors (Lipinski definition) is 6. The second-order valence-corrected chi connectivity index (χ2v) is 5.76. The van der Waals surface area contributed by atoms with Gasteiger partial charge in [0.1, 0.15) is 0 Å². The van der Waals surface area contributed by atoms with Gasteiger partial charge in [0.15, 0.2) is 17.3 Å². The van der Waals surface area contributed by atoms with E-state index in [0.29, 0.717) is 23.1 Å². The third-order valence-electron chi connectivity index (χ3n) is 3.71. The number of halogens is 1. The van der Waals surface area contributed by atoms with Crippen LogP contribution in [0.25, 0.3) is 5.69 Å². The van der Waals surface area contributed by atoms with Gasteiger partial charge in [0.25, 0.3) is 0 Å². The fourth-order valence-electron chi connectivity index (χ4n) is 2.50. The monoisotopic (exact) mass is 359 g/mol. The predicted molar refractivity (Wildman–Crippen MR) is 95.8 cm³/mol. The van der Waals surface area contributed by atoms with Crippen LogP contribution in [0.15, 0.2) is 36.4 Å². The summed E-state index contributed by atoms with van der Waals surface area (Å²) in [5, 5.41) is 15.4. The highest BCUT2D eigenvalue weighted by atomic mass is 35.5. The van der Waals surface area contributed by atoms with E-state index in [1.54, 1.807) is 18.9 Å². The second-order valence-electron chi connectivity index (χ2n) is 5.35. The van der Waals surface area contributed by atoms with Crippen molar-refractivity contribution in [2.24, 2.45) is 0 Å². The van der Waals surface area contributed by atoms with Crippen LogP contribution in [0.4, 0.5) is 5.69 Å². The number of methoxy groups -OCH3 is 2. The zero-order valence-electron chi connectivity index (χ0n) is 14.2. The van der Waals surface area contributed by atoms with E-state index in [1.807, 2.05) is 43.3 Å². The van der Waals surface area contributed by atoms with E-state index in [9.17, 15) is 0 Å². The molecule has 0 spiro atoms. The normalized spacial score (nSPS) is 10.6. The molecule has 1 aromatic heterocycles. The van der Waals surface area contributed by atoms with Gasteiger partial charge in [-0.25, -0.2) is 0 Å². The molecule has 0 aliphatic heterocycles. The van der Waals surface area contributed by atoms with Crippen molar-refractivity contribution >= 4 is 17.3 Å². The predicted octanol–water partition coefficient (Wildman–Crippen LogP) is 3.25. The van der Waals surface area contributed by atoms with Crippen LogP contribution in [0.3, 0.4) is 0 Å². The Kier molecular flexibility index (Phi) is 5.04. The summed E-state index contributed by atoms with van der Waals surface area (Å²) in [5.74, 6) is 1.86. The summed E-state index contributed by atoms with van der Waals surface area (Å²) in [6.45, 7) is 2.43. The van der Waals surface area contributed by atoms with E-state index >= 15 is 0 Å². The first-order chi connectivity index (χ1) is 12.1. The third-order valence-corrected chi connectivity index (χ3v) is 3.99. The van der Waals surface area contributed by atoms with Gasteiger partial charge in [-0.3, -0.25) is 0 Å². The van der Waals surface area contributed by atoms with Gasteiger partial charge in [-0.05, 0) is 53.2 Å². The fourth-order valence-corrected chi connectivity index (χ4v) is 2.81. The molecule has 0 bridgehead atoms. The first-order valence-corrected chi connectivity index (χ1v) is 8.00. The minimum absolute atomic E-state index is 0.511. The van der Waals surface area contributed by atoms with Gasteiger partial charge in [0, 0.05) is 12.2 Å². The molecular weight excluding hydrogens is 342 g/mol. The number of ether oxygens (including phenoxy) is 2. The number of aryl methyl sites for hydroxylation is 1. The molecule has 0 aliphatic rings. The van der Waals surface area contributed by atoms with Crippen molar-refractivity contribution in [3.05, 3.63) is 52.8 Å². The summed E-state index contributed by atoms with van der Waals surface area (Å²) >= 11 is 6.25. The van der Waals surface area contributed by atoms with E-state index in [2.05, 4.69) is 20.8 Å². The van der Waals surface area contributed by atoms with E-state index in [0.717, 1.165) is 22.8 Å². The van der Waals surface area contributed by atoms with Crippen LogP contribution < -0.4 is 14.8 Å². The molecule has 0 saturated heterocycles. The Morgan fingerprint density at radius 2 is 2.00 bits per heavy atom. The highest BCUT2D eigenvalue weighted by Gasteiger charge is 2.11. The number of tetrazole rings is 1. The van der Waals surface area contributed by atoms with Gasteiger partial charge in [0.05, 0.1) is 24.9 Å². The van der Waals surface area contributed by atoms with E-state index in [4.69, 9.17) is 21.1 Å². The smallest absolute Gasteiger partial charge is 0.179 e. The zero-order chi connectivity index (χ0) is 17.8. The lowest BCUT2D eigenvalue weighted by Crippen LogP contribution is -2.03. The standard InChI is InChI=1S/C17H18ClN5O2/c1-11-20-21-22-23(11)14-6-4-5-13(9-14)19-10-12-7-15(18)17(25-3)16(8-12)24-2/h4-9,19H,10H2,1-3H3. The third kappa shape index (κ3) is 3.66. The van der Waals surface area contributed by atoms with Crippen LogP contribution in [0.1, 0.15) is 11.4 Å². The lowest BCUT2D eigenvalue weighted by atomic mass is 10.2. The largest absolute Gasteiger partial charge is 0.493 e. The lowest BCUT2D eigenvalue weighted by Gasteiger charge is -2.13. The summed E-state index contributed by atoms with van der Waals surface area (Å²) in [4.78, 5) is 0. The quantitative estimate of drug-likeness (QED) is 0.728. The van der Waals surface area contributed by atoms with Crippen LogP contribution in [-0.2, 0) is 6.54 Å². The molecule has 8 heteroatoms. The summed E-state index contributed by atoms with van der Waals surface area (Å²) in [6.07, 6.45) is 0. The van der Waals surface area contributed by atoms with Gasteiger partial charge in [-0.15, -0.1) is 5.10 Å². The van der Waals surface area contributed by atoms with Gasteiger partial charge in [0.2, 0.25) is 0 Å². The molecule has 0 unspecified atom stereocenters. The molecule has 0 atom stereocenters. The summed E-state index contributed by atoms with van der Waals surface area (Å²) in [5.41, 5.74) is 2.81. The maximum Gasteiger partial charge on any atom is 0.179 e. The molecular formula is C17H18ClN5O2. The first-order valence-electron chi connectivity index (χ1n) is 7.62. The number of rotatable bonds is 6. The van der Waals surface area contributed by atoms with Crippen molar-refractivity contribution in [3.8, 4) is 17.2 Å². The molecule has 0 saturated carbocycles. The highest BCUT2D eigenvalue weighted by molar-refractivity contribution is 6.32. The van der Waals surface area contributed by atoms with Crippen molar-refractivity contribution < 1.29 is 9.47 Å². The number of benzene rings is 2. The molecule has 1 N–H and O–H groups in total. The summed E-state index contributed by atoms with van der Waals surface area (Å²) in [6, 6.07) is 11.6. The molecule has 25 heavy (non-hydrogen) atoms. The van der Waals surface area contributed by atoms with Gasteiger partial charge >= 0.3 is 0 Å². The van der Waals surface area contributed by atoms with Crippen LogP contribution in [0, 0.1) is 6.92 Å². The van der Waals surface area contributed by atoms with Gasteiger partial charge in [-0.1, -0.05) is 17.7 Å². The van der Waals surface area contributed by atoms with Crippen molar-refractivity contribution in [2.45, 2.75) is 13.5 Å². The number of nitrogens with one attached hydrogen (secondary N) is 1. The highest BCUT2D eigenvalue weighted by Crippen LogP contribution is 2.36. The average Bonchev–Trinajstić information content (AvgIpc) is 3.05. The Morgan fingerprint density at radius 1 is 1.16 bits per heavy atom. The lowest BCUT2D eigenvalue weighted by molar-refractivity contribution is 0.355. The van der Waals surface area contributed by atoms with Crippen LogP contribution in [0.2, 0.25) is 5.02 Å². The molecule has 0 radical (unpaired) electrons.